The number of anilines is 1. The van der Waals surface area contributed by atoms with Crippen LogP contribution in [-0.4, -0.2) is 6.54 Å². The average Bonchev–Trinajstić information content (AvgIpc) is 2.46. The Balaban J connectivity index is 1.68. The van der Waals surface area contributed by atoms with Crippen molar-refractivity contribution in [3.8, 4) is 0 Å². The van der Waals surface area contributed by atoms with Crippen molar-refractivity contribution in [1.82, 2.24) is 0 Å². The Morgan fingerprint density at radius 3 is 2.52 bits per heavy atom. The second-order valence-corrected chi connectivity index (χ2v) is 8.31. The van der Waals surface area contributed by atoms with Crippen LogP contribution in [0.15, 0.2) is 18.2 Å². The molecule has 0 saturated heterocycles. The van der Waals surface area contributed by atoms with Gasteiger partial charge in [0.15, 0.2) is 0 Å². The van der Waals surface area contributed by atoms with Crippen LogP contribution in [0.2, 0.25) is 0 Å². The molecule has 1 saturated carbocycles. The molecule has 0 radical (unpaired) electrons. The Morgan fingerprint density at radius 2 is 1.81 bits per heavy atom. The van der Waals surface area contributed by atoms with Gasteiger partial charge in [0.25, 0.3) is 0 Å². The van der Waals surface area contributed by atoms with Crippen LogP contribution in [0, 0.1) is 11.8 Å². The lowest BCUT2D eigenvalue weighted by molar-refractivity contribution is 0.289. The van der Waals surface area contributed by atoms with Crippen LogP contribution < -0.4 is 5.32 Å². The highest BCUT2D eigenvalue weighted by molar-refractivity contribution is 5.55. The van der Waals surface area contributed by atoms with E-state index in [1.54, 1.807) is 5.56 Å². The summed E-state index contributed by atoms with van der Waals surface area (Å²) in [5.74, 6) is 1.84. The first-order valence-electron chi connectivity index (χ1n) is 8.89. The zero-order valence-electron chi connectivity index (χ0n) is 14.0. The quantitative estimate of drug-likeness (QED) is 0.752. The van der Waals surface area contributed by atoms with E-state index in [4.69, 9.17) is 0 Å². The highest BCUT2D eigenvalue weighted by Gasteiger charge is 2.24. The normalized spacial score (nSPS) is 23.5. The van der Waals surface area contributed by atoms with Gasteiger partial charge in [0.05, 0.1) is 0 Å². The fourth-order valence-electron chi connectivity index (χ4n) is 4.10. The minimum Gasteiger partial charge on any atom is -0.385 e. The van der Waals surface area contributed by atoms with Gasteiger partial charge < -0.3 is 5.32 Å². The van der Waals surface area contributed by atoms with Crippen molar-refractivity contribution in [2.45, 2.75) is 71.1 Å². The maximum absolute atomic E-state index is 3.68. The fraction of sp³-hybridized carbons (Fsp3) is 0.700. The van der Waals surface area contributed by atoms with Crippen LogP contribution in [0.1, 0.15) is 70.4 Å². The van der Waals surface area contributed by atoms with Crippen molar-refractivity contribution in [3.63, 3.8) is 0 Å². The highest BCUT2D eigenvalue weighted by atomic mass is 14.9. The summed E-state index contributed by atoms with van der Waals surface area (Å²) < 4.78 is 0. The Hall–Kier alpha value is -0.980. The second-order valence-electron chi connectivity index (χ2n) is 8.31. The van der Waals surface area contributed by atoms with E-state index in [0.29, 0.717) is 0 Å². The lowest BCUT2D eigenvalue weighted by Crippen LogP contribution is -2.26. The van der Waals surface area contributed by atoms with Crippen molar-refractivity contribution in [2.75, 3.05) is 11.9 Å². The van der Waals surface area contributed by atoms with E-state index in [9.17, 15) is 0 Å². The Morgan fingerprint density at radius 1 is 1.05 bits per heavy atom. The van der Waals surface area contributed by atoms with Crippen LogP contribution in [0.25, 0.3) is 0 Å². The maximum Gasteiger partial charge on any atom is 0.0373 e. The molecule has 0 bridgehead atoms. The topological polar surface area (TPSA) is 12.0 Å². The predicted molar refractivity (Wildman–Crippen MR) is 92.0 cm³/mol. The lowest BCUT2D eigenvalue weighted by atomic mass is 9.78. The van der Waals surface area contributed by atoms with Gasteiger partial charge in [0.2, 0.25) is 0 Å². The van der Waals surface area contributed by atoms with Gasteiger partial charge in [0, 0.05) is 12.2 Å². The Bertz CT molecular complexity index is 477. The average molecular weight is 285 g/mol. The first-order valence-corrected chi connectivity index (χ1v) is 8.89. The van der Waals surface area contributed by atoms with Crippen molar-refractivity contribution < 1.29 is 0 Å². The molecule has 1 heterocycles. The smallest absolute Gasteiger partial charge is 0.0373 e. The Labute approximate surface area is 130 Å². The first-order chi connectivity index (χ1) is 10.0. The molecular weight excluding hydrogens is 254 g/mol. The van der Waals surface area contributed by atoms with Crippen molar-refractivity contribution in [2.24, 2.45) is 11.8 Å². The number of hydrogen-bond acceptors (Lipinski definition) is 1. The summed E-state index contributed by atoms with van der Waals surface area (Å²) in [5, 5.41) is 3.68. The summed E-state index contributed by atoms with van der Waals surface area (Å²) in [4.78, 5) is 0. The fourth-order valence-corrected chi connectivity index (χ4v) is 4.10. The van der Waals surface area contributed by atoms with Crippen LogP contribution in [-0.2, 0) is 11.8 Å². The molecule has 1 nitrogen and oxygen atoms in total. The van der Waals surface area contributed by atoms with E-state index in [1.807, 2.05) is 0 Å². The van der Waals surface area contributed by atoms with E-state index in [1.165, 1.54) is 62.7 Å². The molecule has 3 rings (SSSR count). The van der Waals surface area contributed by atoms with Crippen molar-refractivity contribution in [3.05, 3.63) is 29.3 Å². The number of hydrogen-bond donors (Lipinski definition) is 1. The number of fused-ring (bicyclic) bond motifs is 1. The lowest BCUT2D eigenvalue weighted by Gasteiger charge is -2.32. The largest absolute Gasteiger partial charge is 0.385 e. The standard InChI is InChI=1S/C20H31N/c1-20(2,3)18-9-10-19-17(13-18)12-16(14-21-19)11-15-7-5-4-6-8-15/h9-10,13,15-16,21H,4-8,11-12,14H2,1-3H3. The van der Waals surface area contributed by atoms with E-state index < -0.39 is 0 Å². The summed E-state index contributed by atoms with van der Waals surface area (Å²) in [6, 6.07) is 7.05. The third-order valence-electron chi connectivity index (χ3n) is 5.45. The molecule has 1 aromatic rings. The van der Waals surface area contributed by atoms with E-state index >= 15 is 0 Å². The molecule has 116 valence electrons. The van der Waals surface area contributed by atoms with Gasteiger partial charge >= 0.3 is 0 Å². The van der Waals surface area contributed by atoms with Crippen LogP contribution >= 0.6 is 0 Å². The first kappa shape index (κ1) is 14.9. The van der Waals surface area contributed by atoms with Gasteiger partial charge in [-0.25, -0.2) is 0 Å². The van der Waals surface area contributed by atoms with E-state index in [-0.39, 0.29) is 5.41 Å². The third kappa shape index (κ3) is 3.62. The summed E-state index contributed by atoms with van der Waals surface area (Å²) in [5.41, 5.74) is 4.66. The molecule has 1 N–H and O–H groups in total. The molecule has 1 heteroatoms. The summed E-state index contributed by atoms with van der Waals surface area (Å²) in [6.45, 7) is 8.11. The van der Waals surface area contributed by atoms with Crippen LogP contribution in [0.3, 0.4) is 0 Å². The molecule has 1 aliphatic carbocycles. The molecule has 21 heavy (non-hydrogen) atoms. The minimum absolute atomic E-state index is 0.255. The van der Waals surface area contributed by atoms with Gasteiger partial charge in [-0.3, -0.25) is 0 Å². The molecule has 1 fully saturated rings. The molecule has 1 atom stereocenters. The van der Waals surface area contributed by atoms with E-state index in [0.717, 1.165) is 11.8 Å². The molecule has 1 unspecified atom stereocenters. The van der Waals surface area contributed by atoms with Gasteiger partial charge in [-0.1, -0.05) is 65.0 Å². The summed E-state index contributed by atoms with van der Waals surface area (Å²) in [7, 11) is 0. The molecular formula is C20H31N. The number of rotatable bonds is 2. The summed E-state index contributed by atoms with van der Waals surface area (Å²) >= 11 is 0. The Kier molecular flexibility index (Phi) is 4.28. The molecule has 0 aromatic heterocycles. The maximum atomic E-state index is 3.68. The van der Waals surface area contributed by atoms with Crippen LogP contribution in [0.5, 0.6) is 0 Å². The third-order valence-corrected chi connectivity index (χ3v) is 5.45. The number of benzene rings is 1. The SMILES string of the molecule is CC(C)(C)c1ccc2c(c1)CC(CC1CCCCC1)CN2. The monoisotopic (exact) mass is 285 g/mol. The predicted octanol–water partition coefficient (Wildman–Crippen LogP) is 5.54. The van der Waals surface area contributed by atoms with Gasteiger partial charge in [-0.2, -0.15) is 0 Å². The highest BCUT2D eigenvalue weighted by Crippen LogP contribution is 2.35. The second kappa shape index (κ2) is 6.02. The van der Waals surface area contributed by atoms with Crippen LogP contribution in [0.4, 0.5) is 5.69 Å². The number of nitrogens with one attached hydrogen (secondary N) is 1. The molecule has 2 aliphatic rings. The van der Waals surface area contributed by atoms with Gasteiger partial charge in [0.1, 0.15) is 0 Å². The minimum atomic E-state index is 0.255. The summed E-state index contributed by atoms with van der Waals surface area (Å²) in [6.07, 6.45) is 10.1. The van der Waals surface area contributed by atoms with E-state index in [2.05, 4.69) is 44.3 Å². The molecule has 0 spiro atoms. The zero-order chi connectivity index (χ0) is 14.9. The van der Waals surface area contributed by atoms with Gasteiger partial charge in [-0.05, 0) is 47.3 Å². The molecule has 0 amide bonds. The zero-order valence-corrected chi connectivity index (χ0v) is 14.0. The molecule has 1 aliphatic heterocycles. The van der Waals surface area contributed by atoms with Crippen molar-refractivity contribution in [1.29, 1.82) is 0 Å². The van der Waals surface area contributed by atoms with Crippen molar-refractivity contribution >= 4 is 5.69 Å². The molecule has 1 aromatic carbocycles. The van der Waals surface area contributed by atoms with Gasteiger partial charge in [-0.15, -0.1) is 0 Å².